The maximum Gasteiger partial charge on any atom is 0.232 e. The molecule has 0 aromatic heterocycles. The molecule has 2 aromatic carbocycles. The van der Waals surface area contributed by atoms with Crippen LogP contribution in [0.4, 0.5) is 5.69 Å². The third kappa shape index (κ3) is 6.22. The molecule has 5 nitrogen and oxygen atoms in total. The highest BCUT2D eigenvalue weighted by Crippen LogP contribution is 2.17. The van der Waals surface area contributed by atoms with Crippen molar-refractivity contribution in [1.82, 2.24) is 5.32 Å². The van der Waals surface area contributed by atoms with Gasteiger partial charge in [0, 0.05) is 13.0 Å². The number of hydrogen-bond acceptors (Lipinski definition) is 3. The fourth-order valence-corrected chi connectivity index (χ4v) is 3.52. The van der Waals surface area contributed by atoms with Crippen LogP contribution in [0, 0.1) is 6.92 Å². The number of amides is 1. The predicted octanol–water partition coefficient (Wildman–Crippen LogP) is 2.00. The Labute approximate surface area is 156 Å². The second kappa shape index (κ2) is 8.89. The Balaban J connectivity index is 1.90. The quantitative estimate of drug-likeness (QED) is 0.723. The summed E-state index contributed by atoms with van der Waals surface area (Å²) in [5.74, 6) is -0.803. The maximum absolute atomic E-state index is 12.1. The van der Waals surface area contributed by atoms with Gasteiger partial charge in [-0.05, 0) is 37.0 Å². The maximum atomic E-state index is 12.1. The van der Waals surface area contributed by atoms with E-state index in [0.717, 1.165) is 17.4 Å². The molecule has 1 unspecified atom stereocenters. The Bertz CT molecular complexity index is 824. The van der Waals surface area contributed by atoms with Crippen LogP contribution in [0.15, 0.2) is 54.6 Å². The fraction of sp³-hybridized carbons (Fsp3) is 0.316. The summed E-state index contributed by atoms with van der Waals surface area (Å²) in [7, 11) is 2.51. The molecule has 2 aromatic rings. The molecule has 0 spiro atoms. The molecule has 0 aliphatic heterocycles. The molecule has 26 heavy (non-hydrogen) atoms. The Morgan fingerprint density at radius 2 is 1.73 bits per heavy atom. The molecule has 0 bridgehead atoms. The lowest BCUT2D eigenvalue weighted by atomic mass is 9.89. The molecule has 1 atom stereocenters. The topological polar surface area (TPSA) is 66.5 Å². The van der Waals surface area contributed by atoms with E-state index in [4.69, 9.17) is 7.85 Å². The Hall–Kier alpha value is -2.28. The van der Waals surface area contributed by atoms with Crippen molar-refractivity contribution in [2.45, 2.75) is 25.7 Å². The molecule has 1 N–H and O–H groups in total. The molecule has 0 heterocycles. The van der Waals surface area contributed by atoms with E-state index in [-0.39, 0.29) is 18.9 Å². The predicted molar refractivity (Wildman–Crippen MR) is 106 cm³/mol. The van der Waals surface area contributed by atoms with Gasteiger partial charge in [-0.1, -0.05) is 48.0 Å². The van der Waals surface area contributed by atoms with Gasteiger partial charge >= 0.3 is 0 Å². The van der Waals surface area contributed by atoms with Crippen LogP contribution in [0.1, 0.15) is 17.5 Å². The molecule has 2 radical (unpaired) electrons. The van der Waals surface area contributed by atoms with Crippen molar-refractivity contribution in [1.29, 1.82) is 0 Å². The summed E-state index contributed by atoms with van der Waals surface area (Å²) in [5.41, 5.74) is 2.73. The first-order chi connectivity index (χ1) is 12.3. The van der Waals surface area contributed by atoms with Crippen LogP contribution < -0.4 is 9.62 Å². The number of hydrogen-bond donors (Lipinski definition) is 1. The van der Waals surface area contributed by atoms with Crippen LogP contribution >= 0.6 is 0 Å². The zero-order valence-electron chi connectivity index (χ0n) is 15.1. The first-order valence-electron chi connectivity index (χ1n) is 8.39. The number of nitrogens with zero attached hydrogens (tertiary/aromatic N) is 1. The molecule has 0 fully saturated rings. The standard InChI is InChI=1S/C19H23BN2O3S/c1-15-8-10-16(11-9-15)14-18(20)21-19(23)12-13-22(26(2,24)25)17-6-4-3-5-7-17/h3-11,18H,12-14H2,1-2H3,(H,21,23). The van der Waals surface area contributed by atoms with Crippen LogP contribution in [-0.4, -0.2) is 40.9 Å². The van der Waals surface area contributed by atoms with Gasteiger partial charge in [-0.3, -0.25) is 9.10 Å². The van der Waals surface area contributed by atoms with Gasteiger partial charge in [-0.2, -0.15) is 0 Å². The van der Waals surface area contributed by atoms with Crippen molar-refractivity contribution < 1.29 is 13.2 Å². The van der Waals surface area contributed by atoms with E-state index in [1.54, 1.807) is 30.3 Å². The number of carbonyl (C=O) groups excluding carboxylic acids is 1. The Morgan fingerprint density at radius 1 is 1.12 bits per heavy atom. The van der Waals surface area contributed by atoms with Gasteiger partial charge < -0.3 is 5.32 Å². The molecule has 2 rings (SSSR count). The van der Waals surface area contributed by atoms with Crippen LogP contribution in [-0.2, 0) is 21.2 Å². The first-order valence-corrected chi connectivity index (χ1v) is 10.2. The zero-order chi connectivity index (χ0) is 19.2. The van der Waals surface area contributed by atoms with E-state index in [2.05, 4.69) is 5.32 Å². The summed E-state index contributed by atoms with van der Waals surface area (Å²) in [4.78, 5) is 12.1. The first kappa shape index (κ1) is 20.0. The normalized spacial score (nSPS) is 12.4. The fourth-order valence-electron chi connectivity index (χ4n) is 2.59. The highest BCUT2D eigenvalue weighted by Gasteiger charge is 2.18. The van der Waals surface area contributed by atoms with E-state index in [0.29, 0.717) is 12.1 Å². The van der Waals surface area contributed by atoms with E-state index in [9.17, 15) is 13.2 Å². The third-order valence-corrected chi connectivity index (χ3v) is 5.10. The minimum Gasteiger partial charge on any atom is -0.362 e. The molecular formula is C19H23BN2O3S. The Morgan fingerprint density at radius 3 is 2.31 bits per heavy atom. The number of rotatable bonds is 8. The van der Waals surface area contributed by atoms with Crippen LogP contribution in [0.25, 0.3) is 0 Å². The average molecular weight is 370 g/mol. The highest BCUT2D eigenvalue weighted by atomic mass is 32.2. The van der Waals surface area contributed by atoms with Gasteiger partial charge in [0.25, 0.3) is 0 Å². The van der Waals surface area contributed by atoms with Gasteiger partial charge in [0.05, 0.1) is 19.8 Å². The number of sulfonamides is 1. The van der Waals surface area contributed by atoms with Crippen molar-refractivity contribution >= 4 is 29.5 Å². The van der Waals surface area contributed by atoms with E-state index in [1.807, 2.05) is 31.2 Å². The number of nitrogens with one attached hydrogen (secondary N) is 1. The van der Waals surface area contributed by atoms with Crippen molar-refractivity contribution in [3.63, 3.8) is 0 Å². The van der Waals surface area contributed by atoms with E-state index < -0.39 is 16.0 Å². The molecular weight excluding hydrogens is 347 g/mol. The highest BCUT2D eigenvalue weighted by molar-refractivity contribution is 7.92. The number of carbonyl (C=O) groups is 1. The van der Waals surface area contributed by atoms with Gasteiger partial charge in [-0.15, -0.1) is 0 Å². The molecule has 7 heteroatoms. The van der Waals surface area contributed by atoms with Crippen molar-refractivity contribution in [3.8, 4) is 0 Å². The summed E-state index contributed by atoms with van der Waals surface area (Å²) in [6, 6.07) is 16.6. The molecule has 136 valence electrons. The number of para-hydroxylation sites is 1. The van der Waals surface area contributed by atoms with Gasteiger partial charge in [0.15, 0.2) is 0 Å². The smallest absolute Gasteiger partial charge is 0.232 e. The number of benzene rings is 2. The second-order valence-electron chi connectivity index (χ2n) is 6.28. The van der Waals surface area contributed by atoms with E-state index in [1.165, 1.54) is 4.31 Å². The van der Waals surface area contributed by atoms with Crippen molar-refractivity contribution in [2.75, 3.05) is 17.1 Å². The molecule has 0 aliphatic rings. The Kier molecular flexibility index (Phi) is 6.86. The lowest BCUT2D eigenvalue weighted by Crippen LogP contribution is -2.39. The third-order valence-electron chi connectivity index (χ3n) is 3.91. The largest absolute Gasteiger partial charge is 0.362 e. The van der Waals surface area contributed by atoms with Gasteiger partial charge in [0.2, 0.25) is 15.9 Å². The lowest BCUT2D eigenvalue weighted by Gasteiger charge is -2.22. The summed E-state index contributed by atoms with van der Waals surface area (Å²) >= 11 is 0. The molecule has 0 saturated heterocycles. The van der Waals surface area contributed by atoms with Crippen molar-refractivity contribution in [2.24, 2.45) is 0 Å². The lowest BCUT2D eigenvalue weighted by molar-refractivity contribution is -0.121. The molecule has 1 amide bonds. The summed E-state index contributed by atoms with van der Waals surface area (Å²) in [6.07, 6.45) is 1.67. The summed E-state index contributed by atoms with van der Waals surface area (Å²) < 4.78 is 25.2. The minimum atomic E-state index is -3.47. The zero-order valence-corrected chi connectivity index (χ0v) is 15.9. The minimum absolute atomic E-state index is 0.0313. The second-order valence-corrected chi connectivity index (χ2v) is 8.19. The monoisotopic (exact) mass is 370 g/mol. The SMILES string of the molecule is [B]C(Cc1ccc(C)cc1)NC(=O)CCN(c1ccccc1)S(C)(=O)=O. The van der Waals surface area contributed by atoms with Crippen molar-refractivity contribution in [3.05, 3.63) is 65.7 Å². The molecule has 0 aliphatic carbocycles. The van der Waals surface area contributed by atoms with Gasteiger partial charge in [-0.25, -0.2) is 8.42 Å². The van der Waals surface area contributed by atoms with Crippen LogP contribution in [0.2, 0.25) is 0 Å². The average Bonchev–Trinajstić information content (AvgIpc) is 2.57. The summed E-state index contributed by atoms with van der Waals surface area (Å²) in [6.45, 7) is 2.07. The van der Waals surface area contributed by atoms with E-state index >= 15 is 0 Å². The van der Waals surface area contributed by atoms with Gasteiger partial charge in [0.1, 0.15) is 0 Å². The molecule has 0 saturated carbocycles. The summed E-state index contributed by atoms with van der Waals surface area (Å²) in [5, 5.41) is 2.72. The number of anilines is 1. The number of aryl methyl sites for hydroxylation is 1. The van der Waals surface area contributed by atoms with Crippen LogP contribution in [0.5, 0.6) is 0 Å². The van der Waals surface area contributed by atoms with Crippen LogP contribution in [0.3, 0.4) is 0 Å².